The van der Waals surface area contributed by atoms with Crippen molar-refractivity contribution < 1.29 is 13.2 Å². The second kappa shape index (κ2) is 8.21. The van der Waals surface area contributed by atoms with Gasteiger partial charge in [-0.3, -0.25) is 0 Å². The quantitative estimate of drug-likeness (QED) is 0.662. The van der Waals surface area contributed by atoms with Crippen LogP contribution in [0.2, 0.25) is 0 Å². The molecule has 1 aliphatic carbocycles. The van der Waals surface area contributed by atoms with Gasteiger partial charge in [0, 0.05) is 18.4 Å². The van der Waals surface area contributed by atoms with Gasteiger partial charge < -0.3 is 10.6 Å². The molecular weight excluding hydrogens is 341 g/mol. The van der Waals surface area contributed by atoms with Crippen LogP contribution in [0.5, 0.6) is 0 Å². The van der Waals surface area contributed by atoms with Crippen LogP contribution < -0.4 is 10.6 Å². The number of nitrogens with zero attached hydrogens (tertiary/aromatic N) is 2. The van der Waals surface area contributed by atoms with E-state index >= 15 is 0 Å². The first-order chi connectivity index (χ1) is 12.5. The maximum absolute atomic E-state index is 12.8. The standard InChI is InChI=1S/C19H21F3N4/c20-19(21,22)15-7-4-8-16(13-15)25-18-24-12-10-17(26-18)23-11-9-14-5-2-1-3-6-14/h4-5,7-8,10,12-13H,1-3,6,9,11H2,(H2,23,24,25,26). The summed E-state index contributed by atoms with van der Waals surface area (Å²) in [5.74, 6) is 0.900. The zero-order valence-corrected chi connectivity index (χ0v) is 14.3. The molecule has 2 N–H and O–H groups in total. The van der Waals surface area contributed by atoms with E-state index in [1.165, 1.54) is 24.5 Å². The molecule has 0 saturated carbocycles. The van der Waals surface area contributed by atoms with Crippen molar-refractivity contribution in [3.05, 3.63) is 53.7 Å². The third-order valence-electron chi connectivity index (χ3n) is 4.24. The second-order valence-corrected chi connectivity index (χ2v) is 6.25. The fraction of sp³-hybridized carbons (Fsp3) is 0.368. The Kier molecular flexibility index (Phi) is 5.75. The van der Waals surface area contributed by atoms with E-state index in [4.69, 9.17) is 0 Å². The third-order valence-corrected chi connectivity index (χ3v) is 4.24. The van der Waals surface area contributed by atoms with E-state index < -0.39 is 11.7 Å². The minimum atomic E-state index is -4.38. The zero-order valence-electron chi connectivity index (χ0n) is 14.3. The summed E-state index contributed by atoms with van der Waals surface area (Å²) in [5.41, 5.74) is 1.06. The molecule has 1 aliphatic rings. The molecule has 0 unspecified atom stereocenters. The maximum Gasteiger partial charge on any atom is 0.416 e. The normalized spacial score (nSPS) is 14.7. The lowest BCUT2D eigenvalue weighted by atomic mass is 9.97. The van der Waals surface area contributed by atoms with E-state index in [2.05, 4.69) is 26.7 Å². The van der Waals surface area contributed by atoms with Gasteiger partial charge in [-0.15, -0.1) is 0 Å². The highest BCUT2D eigenvalue weighted by Crippen LogP contribution is 2.31. The number of allylic oxidation sites excluding steroid dienone is 1. The van der Waals surface area contributed by atoms with Crippen molar-refractivity contribution in [2.75, 3.05) is 17.2 Å². The minimum Gasteiger partial charge on any atom is -0.370 e. The van der Waals surface area contributed by atoms with Crippen molar-refractivity contribution in [1.29, 1.82) is 0 Å². The third kappa shape index (κ3) is 5.21. The van der Waals surface area contributed by atoms with E-state index in [9.17, 15) is 13.2 Å². The Morgan fingerprint density at radius 3 is 2.77 bits per heavy atom. The summed E-state index contributed by atoms with van der Waals surface area (Å²) in [7, 11) is 0. The van der Waals surface area contributed by atoms with E-state index in [0.717, 1.165) is 37.9 Å². The fourth-order valence-electron chi connectivity index (χ4n) is 2.90. The number of benzene rings is 1. The number of hydrogen-bond acceptors (Lipinski definition) is 4. The Labute approximate surface area is 150 Å². The molecule has 0 spiro atoms. The van der Waals surface area contributed by atoms with Crippen molar-refractivity contribution in [3.8, 4) is 0 Å². The molecule has 7 heteroatoms. The van der Waals surface area contributed by atoms with Gasteiger partial charge in [0.1, 0.15) is 5.82 Å². The average molecular weight is 362 g/mol. The summed E-state index contributed by atoms with van der Waals surface area (Å²) in [6, 6.07) is 6.72. The van der Waals surface area contributed by atoms with Crippen LogP contribution >= 0.6 is 0 Å². The van der Waals surface area contributed by atoms with Gasteiger partial charge in [-0.2, -0.15) is 18.2 Å². The van der Waals surface area contributed by atoms with Crippen LogP contribution in [-0.2, 0) is 6.18 Å². The van der Waals surface area contributed by atoms with Crippen LogP contribution in [0.3, 0.4) is 0 Å². The fourth-order valence-corrected chi connectivity index (χ4v) is 2.90. The van der Waals surface area contributed by atoms with Crippen LogP contribution in [0, 0.1) is 0 Å². The summed E-state index contributed by atoms with van der Waals surface area (Å²) < 4.78 is 38.4. The van der Waals surface area contributed by atoms with Gasteiger partial charge in [-0.05, 0) is 56.4 Å². The SMILES string of the molecule is FC(F)(F)c1cccc(Nc2nccc(NCCC3=CCCCC3)n2)c1. The van der Waals surface area contributed by atoms with Gasteiger partial charge in [0.15, 0.2) is 0 Å². The van der Waals surface area contributed by atoms with Crippen molar-refractivity contribution >= 4 is 17.5 Å². The van der Waals surface area contributed by atoms with Crippen molar-refractivity contribution in [2.45, 2.75) is 38.3 Å². The lowest BCUT2D eigenvalue weighted by molar-refractivity contribution is -0.137. The Morgan fingerprint density at radius 2 is 2.00 bits per heavy atom. The van der Waals surface area contributed by atoms with Crippen LogP contribution in [0.1, 0.15) is 37.7 Å². The van der Waals surface area contributed by atoms with Crippen molar-refractivity contribution in [3.63, 3.8) is 0 Å². The van der Waals surface area contributed by atoms with E-state index in [1.807, 2.05) is 0 Å². The summed E-state index contributed by atoms with van der Waals surface area (Å²) in [4.78, 5) is 8.38. The first-order valence-corrected chi connectivity index (χ1v) is 8.70. The Balaban J connectivity index is 1.59. The van der Waals surface area contributed by atoms with Gasteiger partial charge in [-0.25, -0.2) is 4.98 Å². The second-order valence-electron chi connectivity index (χ2n) is 6.25. The molecule has 0 radical (unpaired) electrons. The predicted octanol–water partition coefficient (Wildman–Crippen LogP) is 5.54. The number of rotatable bonds is 6. The van der Waals surface area contributed by atoms with Gasteiger partial charge >= 0.3 is 6.18 Å². The number of nitrogens with one attached hydrogen (secondary N) is 2. The monoisotopic (exact) mass is 362 g/mol. The topological polar surface area (TPSA) is 49.8 Å². The molecule has 138 valence electrons. The molecule has 0 fully saturated rings. The molecule has 2 aromatic rings. The largest absolute Gasteiger partial charge is 0.416 e. The highest BCUT2D eigenvalue weighted by atomic mass is 19.4. The number of anilines is 3. The smallest absolute Gasteiger partial charge is 0.370 e. The molecule has 0 aliphatic heterocycles. The van der Waals surface area contributed by atoms with Crippen LogP contribution in [-0.4, -0.2) is 16.5 Å². The lowest BCUT2D eigenvalue weighted by Gasteiger charge is -2.13. The molecule has 3 rings (SSSR count). The summed E-state index contributed by atoms with van der Waals surface area (Å²) in [6.07, 6.45) is 5.33. The molecule has 0 bridgehead atoms. The van der Waals surface area contributed by atoms with E-state index in [0.29, 0.717) is 11.5 Å². The highest BCUT2D eigenvalue weighted by Gasteiger charge is 2.30. The molecule has 0 atom stereocenters. The lowest BCUT2D eigenvalue weighted by Crippen LogP contribution is -2.08. The maximum atomic E-state index is 12.8. The number of halogens is 3. The van der Waals surface area contributed by atoms with Crippen LogP contribution in [0.25, 0.3) is 0 Å². The first kappa shape index (κ1) is 18.2. The molecule has 4 nitrogen and oxygen atoms in total. The summed E-state index contributed by atoms with van der Waals surface area (Å²) in [6.45, 7) is 0.770. The number of aromatic nitrogens is 2. The highest BCUT2D eigenvalue weighted by molar-refractivity contribution is 5.56. The minimum absolute atomic E-state index is 0.256. The van der Waals surface area contributed by atoms with Gasteiger partial charge in [-0.1, -0.05) is 17.7 Å². The van der Waals surface area contributed by atoms with Gasteiger partial charge in [0.25, 0.3) is 0 Å². The average Bonchev–Trinajstić information content (AvgIpc) is 2.63. The molecule has 1 aromatic heterocycles. The van der Waals surface area contributed by atoms with Crippen molar-refractivity contribution in [1.82, 2.24) is 9.97 Å². The summed E-state index contributed by atoms with van der Waals surface area (Å²) >= 11 is 0. The van der Waals surface area contributed by atoms with Crippen molar-refractivity contribution in [2.24, 2.45) is 0 Å². The number of alkyl halides is 3. The summed E-state index contributed by atoms with van der Waals surface area (Å²) in [5, 5.41) is 6.06. The van der Waals surface area contributed by atoms with E-state index in [-0.39, 0.29) is 5.95 Å². The molecule has 0 amide bonds. The predicted molar refractivity (Wildman–Crippen MR) is 96.4 cm³/mol. The zero-order chi connectivity index (χ0) is 18.4. The van der Waals surface area contributed by atoms with Gasteiger partial charge in [0.2, 0.25) is 5.95 Å². The first-order valence-electron chi connectivity index (χ1n) is 8.70. The van der Waals surface area contributed by atoms with E-state index in [1.54, 1.807) is 18.3 Å². The molecule has 1 heterocycles. The van der Waals surface area contributed by atoms with Crippen LogP contribution in [0.4, 0.5) is 30.6 Å². The Morgan fingerprint density at radius 1 is 1.12 bits per heavy atom. The Bertz CT molecular complexity index is 771. The molecule has 1 aromatic carbocycles. The Hall–Kier alpha value is -2.57. The molecular formula is C19H21F3N4. The molecule has 0 saturated heterocycles. The van der Waals surface area contributed by atoms with Crippen LogP contribution in [0.15, 0.2) is 48.2 Å². The number of hydrogen-bond donors (Lipinski definition) is 2. The van der Waals surface area contributed by atoms with Gasteiger partial charge in [0.05, 0.1) is 5.56 Å². The molecule has 26 heavy (non-hydrogen) atoms.